The Morgan fingerprint density at radius 3 is 2.86 bits per heavy atom. The van der Waals surface area contributed by atoms with Crippen molar-refractivity contribution in [3.05, 3.63) is 58.8 Å². The molecule has 2 aliphatic rings. The predicted octanol–water partition coefficient (Wildman–Crippen LogP) is 3.24. The van der Waals surface area contributed by atoms with Gasteiger partial charge in [0.05, 0.1) is 11.6 Å². The van der Waals surface area contributed by atoms with Crippen molar-refractivity contribution < 1.29 is 4.79 Å². The van der Waals surface area contributed by atoms with Gasteiger partial charge in [-0.3, -0.25) is 4.79 Å². The van der Waals surface area contributed by atoms with E-state index in [2.05, 4.69) is 27.6 Å². The maximum absolute atomic E-state index is 13.7. The number of aryl methyl sites for hydroxylation is 1. The summed E-state index contributed by atoms with van der Waals surface area (Å²) in [4.78, 5) is 27.5. The zero-order valence-electron chi connectivity index (χ0n) is 17.4. The molecule has 1 unspecified atom stereocenters. The molecule has 4 heterocycles. The summed E-state index contributed by atoms with van der Waals surface area (Å²) < 4.78 is 2.11. The molecule has 1 atom stereocenters. The van der Waals surface area contributed by atoms with Crippen molar-refractivity contribution in [2.75, 3.05) is 20.1 Å². The molecule has 29 heavy (non-hydrogen) atoms. The van der Waals surface area contributed by atoms with Crippen molar-refractivity contribution in [2.45, 2.75) is 38.8 Å². The Morgan fingerprint density at radius 1 is 1.17 bits per heavy atom. The highest BCUT2D eigenvalue weighted by Gasteiger charge is 2.35. The minimum absolute atomic E-state index is 0.0363. The lowest BCUT2D eigenvalue weighted by atomic mass is 10.1. The Kier molecular flexibility index (Phi) is 4.39. The topological polar surface area (TPSA) is 54.3 Å². The Hall–Kier alpha value is -2.73. The van der Waals surface area contributed by atoms with Crippen LogP contribution in [0, 0.1) is 6.92 Å². The molecule has 0 spiro atoms. The fraction of sp³-hybridized carbons (Fsp3) is 0.435. The quantitative estimate of drug-likeness (QED) is 0.675. The highest BCUT2D eigenvalue weighted by atomic mass is 16.2. The van der Waals surface area contributed by atoms with Crippen molar-refractivity contribution in [1.29, 1.82) is 0 Å². The van der Waals surface area contributed by atoms with E-state index in [-0.39, 0.29) is 11.9 Å². The predicted molar refractivity (Wildman–Crippen MR) is 113 cm³/mol. The zero-order valence-corrected chi connectivity index (χ0v) is 17.4. The lowest BCUT2D eigenvalue weighted by molar-refractivity contribution is 0.0730. The molecule has 5 rings (SSSR count). The number of likely N-dealkylation sites (N-methyl/N-ethyl adjacent to an activating group) is 1. The van der Waals surface area contributed by atoms with Gasteiger partial charge in [-0.05, 0) is 32.9 Å². The van der Waals surface area contributed by atoms with Crippen LogP contribution in [0.1, 0.15) is 52.0 Å². The Labute approximate surface area is 171 Å². The number of rotatable bonds is 2. The fourth-order valence-electron chi connectivity index (χ4n) is 4.85. The molecule has 6 nitrogen and oxygen atoms in total. The van der Waals surface area contributed by atoms with Crippen LogP contribution in [0.4, 0.5) is 0 Å². The largest absolute Gasteiger partial charge is 0.347 e. The molecule has 0 bridgehead atoms. The first-order valence-corrected chi connectivity index (χ1v) is 10.4. The van der Waals surface area contributed by atoms with Gasteiger partial charge >= 0.3 is 0 Å². The van der Waals surface area contributed by atoms with Gasteiger partial charge in [-0.2, -0.15) is 0 Å². The van der Waals surface area contributed by atoms with Crippen molar-refractivity contribution in [3.63, 3.8) is 0 Å². The number of nitrogens with zero attached hydrogens (tertiary/aromatic N) is 5. The SMILES string of the molecule is Cc1c(C(=O)N2CCCC2c2ncc3c(n2)CCN(C)C3)c2ccccc2n1C. The standard InChI is InChI=1S/C23H27N5O/c1-15-21(17-7-4-5-8-19(17)27(15)3)23(29)28-11-6-9-20(28)22-24-13-16-14-26(2)12-10-18(16)25-22/h4-5,7-8,13,20H,6,9-12,14H2,1-3H3. The average Bonchev–Trinajstić information content (AvgIpc) is 3.31. The van der Waals surface area contributed by atoms with Gasteiger partial charge in [0.2, 0.25) is 0 Å². The summed E-state index contributed by atoms with van der Waals surface area (Å²) in [7, 11) is 4.15. The Bertz CT molecular complexity index is 1100. The molecule has 0 radical (unpaired) electrons. The molecule has 1 fully saturated rings. The third-order valence-corrected chi connectivity index (χ3v) is 6.57. The molecule has 150 valence electrons. The maximum atomic E-state index is 13.7. The maximum Gasteiger partial charge on any atom is 0.256 e. The van der Waals surface area contributed by atoms with Crippen LogP contribution in [0.25, 0.3) is 10.9 Å². The van der Waals surface area contributed by atoms with Crippen LogP contribution in [-0.2, 0) is 20.0 Å². The second-order valence-electron chi connectivity index (χ2n) is 8.38. The van der Waals surface area contributed by atoms with E-state index < -0.39 is 0 Å². The Balaban J connectivity index is 1.51. The highest BCUT2D eigenvalue weighted by molar-refractivity contribution is 6.08. The Morgan fingerprint density at radius 2 is 2.00 bits per heavy atom. The van der Waals surface area contributed by atoms with E-state index in [1.165, 1.54) is 5.56 Å². The molecule has 0 aliphatic carbocycles. The third kappa shape index (κ3) is 2.94. The van der Waals surface area contributed by atoms with Crippen LogP contribution in [0.15, 0.2) is 30.5 Å². The van der Waals surface area contributed by atoms with Crippen LogP contribution in [0.2, 0.25) is 0 Å². The lowest BCUT2D eigenvalue weighted by Gasteiger charge is -2.27. The molecule has 2 aliphatic heterocycles. The van der Waals surface area contributed by atoms with Gasteiger partial charge < -0.3 is 14.4 Å². The van der Waals surface area contributed by atoms with Gasteiger partial charge in [0.1, 0.15) is 0 Å². The van der Waals surface area contributed by atoms with Crippen LogP contribution in [0.3, 0.4) is 0 Å². The average molecular weight is 390 g/mol. The highest BCUT2D eigenvalue weighted by Crippen LogP contribution is 2.35. The van der Waals surface area contributed by atoms with E-state index in [9.17, 15) is 4.79 Å². The van der Waals surface area contributed by atoms with Crippen LogP contribution in [-0.4, -0.2) is 50.4 Å². The summed E-state index contributed by atoms with van der Waals surface area (Å²) in [5.74, 6) is 0.903. The minimum atomic E-state index is -0.0363. The molecule has 1 aromatic carbocycles. The molecule has 1 saturated heterocycles. The second-order valence-corrected chi connectivity index (χ2v) is 8.38. The van der Waals surface area contributed by atoms with Crippen LogP contribution < -0.4 is 0 Å². The number of amides is 1. The lowest BCUT2D eigenvalue weighted by Crippen LogP contribution is -2.33. The van der Waals surface area contributed by atoms with E-state index in [1.807, 2.05) is 43.3 Å². The van der Waals surface area contributed by atoms with E-state index in [0.29, 0.717) is 0 Å². The minimum Gasteiger partial charge on any atom is -0.347 e. The third-order valence-electron chi connectivity index (χ3n) is 6.57. The first-order valence-electron chi connectivity index (χ1n) is 10.4. The zero-order chi connectivity index (χ0) is 20.1. The van der Waals surface area contributed by atoms with E-state index >= 15 is 0 Å². The number of carbonyl (C=O) groups is 1. The van der Waals surface area contributed by atoms with Gasteiger partial charge in [-0.1, -0.05) is 18.2 Å². The normalized spacial score (nSPS) is 19.7. The number of benzene rings is 1. The first kappa shape index (κ1) is 18.3. The summed E-state index contributed by atoms with van der Waals surface area (Å²) in [6, 6.07) is 8.11. The fourth-order valence-corrected chi connectivity index (χ4v) is 4.85. The number of fused-ring (bicyclic) bond motifs is 2. The van der Waals surface area contributed by atoms with Crippen molar-refractivity contribution in [3.8, 4) is 0 Å². The number of likely N-dealkylation sites (tertiary alicyclic amines) is 1. The summed E-state index contributed by atoms with van der Waals surface area (Å²) in [6.07, 6.45) is 4.83. The molecule has 0 N–H and O–H groups in total. The van der Waals surface area contributed by atoms with Crippen LogP contribution in [0.5, 0.6) is 0 Å². The number of carbonyl (C=O) groups excluding carboxylic acids is 1. The second kappa shape index (κ2) is 6.95. The molecule has 3 aromatic rings. The van der Waals surface area contributed by atoms with Gasteiger partial charge in [0.15, 0.2) is 5.82 Å². The molecular formula is C23H27N5O. The first-order chi connectivity index (χ1) is 14.0. The smallest absolute Gasteiger partial charge is 0.256 e. The van der Waals surface area contributed by atoms with Crippen molar-refractivity contribution in [2.24, 2.45) is 7.05 Å². The van der Waals surface area contributed by atoms with E-state index in [1.54, 1.807) is 0 Å². The molecule has 6 heteroatoms. The van der Waals surface area contributed by atoms with Gasteiger partial charge in [-0.15, -0.1) is 0 Å². The number of hydrogen-bond acceptors (Lipinski definition) is 4. The van der Waals surface area contributed by atoms with Gasteiger partial charge in [0, 0.05) is 67.2 Å². The molecular weight excluding hydrogens is 362 g/mol. The number of aromatic nitrogens is 3. The monoisotopic (exact) mass is 389 g/mol. The summed E-state index contributed by atoms with van der Waals surface area (Å²) in [5, 5.41) is 1.03. The van der Waals surface area contributed by atoms with E-state index in [4.69, 9.17) is 4.98 Å². The van der Waals surface area contributed by atoms with Crippen molar-refractivity contribution >= 4 is 16.8 Å². The molecule has 2 aromatic heterocycles. The van der Waals surface area contributed by atoms with Crippen molar-refractivity contribution in [1.82, 2.24) is 24.3 Å². The van der Waals surface area contributed by atoms with Gasteiger partial charge in [-0.25, -0.2) is 9.97 Å². The molecule has 1 amide bonds. The summed E-state index contributed by atoms with van der Waals surface area (Å²) in [5.41, 5.74) is 5.28. The summed E-state index contributed by atoms with van der Waals surface area (Å²) in [6.45, 7) is 4.71. The number of para-hydroxylation sites is 1. The van der Waals surface area contributed by atoms with Crippen LogP contribution >= 0.6 is 0 Å². The number of hydrogen-bond donors (Lipinski definition) is 0. The summed E-state index contributed by atoms with van der Waals surface area (Å²) >= 11 is 0. The molecule has 0 saturated carbocycles. The van der Waals surface area contributed by atoms with E-state index in [0.717, 1.165) is 72.6 Å². The van der Waals surface area contributed by atoms with Gasteiger partial charge in [0.25, 0.3) is 5.91 Å².